The van der Waals surface area contributed by atoms with Crippen LogP contribution in [0.3, 0.4) is 0 Å². The molecule has 2 aliphatic rings. The van der Waals surface area contributed by atoms with Gasteiger partial charge in [0, 0.05) is 38.8 Å². The minimum Gasteiger partial charge on any atom is -0.472 e. The highest BCUT2D eigenvalue weighted by Gasteiger charge is 2.40. The number of hydrogen-bond donors (Lipinski definition) is 1. The van der Waals surface area contributed by atoms with Gasteiger partial charge in [-0.2, -0.15) is 0 Å². The summed E-state index contributed by atoms with van der Waals surface area (Å²) in [6.07, 6.45) is 7.41. The molecule has 2 aromatic rings. The highest BCUT2D eigenvalue weighted by Crippen LogP contribution is 2.41. The number of rotatable bonds is 2. The zero-order valence-electron chi connectivity index (χ0n) is 11.3. The van der Waals surface area contributed by atoms with Crippen LogP contribution in [0.25, 0.3) is 10.1 Å². The molecule has 1 N–H and O–H groups in total. The lowest BCUT2D eigenvalue weighted by Gasteiger charge is -2.46. The smallest absolute Gasteiger partial charge is 0.161 e. The summed E-state index contributed by atoms with van der Waals surface area (Å²) in [5.74, 6) is 1.02. The van der Waals surface area contributed by atoms with Crippen molar-refractivity contribution in [2.45, 2.75) is 50.3 Å². The topological polar surface area (TPSA) is 21.3 Å². The van der Waals surface area contributed by atoms with Crippen molar-refractivity contribution in [2.75, 3.05) is 0 Å². The standard InChI is InChI=1S/C16H18BrNOS/c17-12-10-20-14-7-1-6-13(15(12)14)19-16-8-2-4-11(18-16)5-3-9-16/h1,6-7,10-11,18H,2-5,8-9H2. The van der Waals surface area contributed by atoms with Crippen molar-refractivity contribution in [3.63, 3.8) is 0 Å². The predicted octanol–water partition coefficient (Wildman–Crippen LogP) is 5.06. The molecule has 2 aliphatic heterocycles. The number of hydrogen-bond acceptors (Lipinski definition) is 3. The molecule has 2 saturated heterocycles. The van der Waals surface area contributed by atoms with Crippen LogP contribution >= 0.6 is 27.3 Å². The zero-order chi connectivity index (χ0) is 13.6. The number of fused-ring (bicyclic) bond motifs is 3. The van der Waals surface area contributed by atoms with Gasteiger partial charge in [-0.15, -0.1) is 11.3 Å². The van der Waals surface area contributed by atoms with Crippen molar-refractivity contribution in [3.05, 3.63) is 28.1 Å². The third-order valence-corrected chi connectivity index (χ3v) is 6.43. The number of ether oxygens (including phenoxy) is 1. The monoisotopic (exact) mass is 351 g/mol. The summed E-state index contributed by atoms with van der Waals surface area (Å²) in [4.78, 5) is 0. The second-order valence-electron chi connectivity index (χ2n) is 5.93. The van der Waals surface area contributed by atoms with Crippen LogP contribution in [0.4, 0.5) is 0 Å². The van der Waals surface area contributed by atoms with Crippen molar-refractivity contribution in [2.24, 2.45) is 0 Å². The van der Waals surface area contributed by atoms with Crippen LogP contribution in [0.5, 0.6) is 5.75 Å². The van der Waals surface area contributed by atoms with E-state index in [0.717, 1.165) is 23.1 Å². The molecule has 0 spiro atoms. The first-order valence-corrected chi connectivity index (χ1v) is 9.05. The Kier molecular flexibility index (Phi) is 3.28. The van der Waals surface area contributed by atoms with E-state index in [0.29, 0.717) is 6.04 Å². The van der Waals surface area contributed by atoms with Crippen LogP contribution in [0, 0.1) is 0 Å². The van der Waals surface area contributed by atoms with E-state index in [1.54, 1.807) is 11.3 Å². The molecule has 0 unspecified atom stereocenters. The lowest BCUT2D eigenvalue weighted by atomic mass is 9.84. The van der Waals surface area contributed by atoms with Gasteiger partial charge in [0.2, 0.25) is 0 Å². The summed E-state index contributed by atoms with van der Waals surface area (Å²) in [6, 6.07) is 7.02. The molecule has 0 atom stereocenters. The maximum atomic E-state index is 6.53. The van der Waals surface area contributed by atoms with Gasteiger partial charge in [-0.3, -0.25) is 5.32 Å². The normalized spacial score (nSPS) is 29.6. The maximum Gasteiger partial charge on any atom is 0.161 e. The van der Waals surface area contributed by atoms with Crippen LogP contribution in [0.2, 0.25) is 0 Å². The number of halogens is 1. The van der Waals surface area contributed by atoms with Gasteiger partial charge < -0.3 is 4.74 Å². The van der Waals surface area contributed by atoms with E-state index in [4.69, 9.17) is 4.74 Å². The summed E-state index contributed by atoms with van der Waals surface area (Å²) < 4.78 is 8.96. The molecule has 2 nitrogen and oxygen atoms in total. The van der Waals surface area contributed by atoms with Gasteiger partial charge in [0.05, 0.1) is 0 Å². The molecule has 1 aromatic heterocycles. The summed E-state index contributed by atoms with van der Waals surface area (Å²) in [5, 5.41) is 7.13. The molecule has 3 heterocycles. The first kappa shape index (κ1) is 13.1. The number of nitrogens with one attached hydrogen (secondary N) is 1. The highest BCUT2D eigenvalue weighted by molar-refractivity contribution is 9.10. The molecule has 4 heteroatoms. The van der Waals surface area contributed by atoms with Crippen LogP contribution in [0.15, 0.2) is 28.1 Å². The summed E-state index contributed by atoms with van der Waals surface area (Å²) in [5.41, 5.74) is -0.128. The number of thiophene rings is 1. The molecule has 0 saturated carbocycles. The Morgan fingerprint density at radius 3 is 2.85 bits per heavy atom. The lowest BCUT2D eigenvalue weighted by Crippen LogP contribution is -2.59. The van der Waals surface area contributed by atoms with Gasteiger partial charge in [-0.05, 0) is 53.7 Å². The van der Waals surface area contributed by atoms with Gasteiger partial charge in [0.1, 0.15) is 5.75 Å². The van der Waals surface area contributed by atoms with E-state index < -0.39 is 0 Å². The fourth-order valence-electron chi connectivity index (χ4n) is 3.64. The molecule has 4 rings (SSSR count). The van der Waals surface area contributed by atoms with Gasteiger partial charge in [-0.25, -0.2) is 0 Å². The van der Waals surface area contributed by atoms with Gasteiger partial charge in [0.25, 0.3) is 0 Å². The summed E-state index contributed by atoms with van der Waals surface area (Å²) >= 11 is 5.42. The average molecular weight is 352 g/mol. The Balaban J connectivity index is 1.71. The Morgan fingerprint density at radius 1 is 1.25 bits per heavy atom. The highest BCUT2D eigenvalue weighted by atomic mass is 79.9. The molecule has 0 amide bonds. The van der Waals surface area contributed by atoms with Crippen molar-refractivity contribution in [1.82, 2.24) is 5.32 Å². The Labute approximate surface area is 131 Å². The molecular weight excluding hydrogens is 334 g/mol. The van der Waals surface area contributed by atoms with E-state index in [1.165, 1.54) is 35.8 Å². The van der Waals surface area contributed by atoms with Crippen LogP contribution in [0.1, 0.15) is 38.5 Å². The van der Waals surface area contributed by atoms with Gasteiger partial charge >= 0.3 is 0 Å². The van der Waals surface area contributed by atoms with Crippen LogP contribution < -0.4 is 10.1 Å². The number of benzene rings is 1. The van der Waals surface area contributed by atoms with Gasteiger partial charge in [-0.1, -0.05) is 6.07 Å². The fourth-order valence-corrected chi connectivity index (χ4v) is 5.30. The van der Waals surface area contributed by atoms with E-state index in [1.807, 2.05) is 0 Å². The molecule has 1 aromatic carbocycles. The minimum absolute atomic E-state index is 0.128. The first-order chi connectivity index (χ1) is 9.76. The quantitative estimate of drug-likeness (QED) is 0.815. The molecule has 20 heavy (non-hydrogen) atoms. The molecule has 0 radical (unpaired) electrons. The van der Waals surface area contributed by atoms with Crippen molar-refractivity contribution in [1.29, 1.82) is 0 Å². The second-order valence-corrected chi connectivity index (χ2v) is 7.70. The van der Waals surface area contributed by atoms with Crippen molar-refractivity contribution < 1.29 is 4.74 Å². The number of piperidine rings is 2. The average Bonchev–Trinajstić information content (AvgIpc) is 2.82. The zero-order valence-corrected chi connectivity index (χ0v) is 13.7. The molecule has 2 bridgehead atoms. The third-order valence-electron chi connectivity index (χ3n) is 4.56. The minimum atomic E-state index is -0.128. The fraction of sp³-hybridized carbons (Fsp3) is 0.500. The van der Waals surface area contributed by atoms with E-state index in [-0.39, 0.29) is 5.72 Å². The van der Waals surface area contributed by atoms with Crippen molar-refractivity contribution in [3.8, 4) is 5.75 Å². The Hall–Kier alpha value is -0.580. The first-order valence-electron chi connectivity index (χ1n) is 7.38. The Morgan fingerprint density at radius 2 is 2.05 bits per heavy atom. The van der Waals surface area contributed by atoms with Crippen LogP contribution in [-0.4, -0.2) is 11.8 Å². The third kappa shape index (κ3) is 2.18. The summed E-state index contributed by atoms with van der Waals surface area (Å²) in [7, 11) is 0. The SMILES string of the molecule is Brc1csc2cccc(OC34CCCC(CCC3)N4)c12. The summed E-state index contributed by atoms with van der Waals surface area (Å²) in [6.45, 7) is 0. The Bertz CT molecular complexity index is 628. The molecule has 0 aliphatic carbocycles. The largest absolute Gasteiger partial charge is 0.472 e. The molecule has 2 fully saturated rings. The van der Waals surface area contributed by atoms with E-state index in [2.05, 4.69) is 44.8 Å². The molecule has 106 valence electrons. The maximum absolute atomic E-state index is 6.53. The van der Waals surface area contributed by atoms with Crippen molar-refractivity contribution >= 4 is 37.4 Å². The van der Waals surface area contributed by atoms with E-state index in [9.17, 15) is 0 Å². The molecular formula is C16H18BrNOS. The predicted molar refractivity (Wildman–Crippen MR) is 87.5 cm³/mol. The second kappa shape index (κ2) is 5.00. The van der Waals surface area contributed by atoms with Gasteiger partial charge in [0.15, 0.2) is 5.72 Å². The van der Waals surface area contributed by atoms with Crippen LogP contribution in [-0.2, 0) is 0 Å². The van der Waals surface area contributed by atoms with E-state index >= 15 is 0 Å². The lowest BCUT2D eigenvalue weighted by molar-refractivity contribution is -0.0387.